The first-order valence-corrected chi connectivity index (χ1v) is 7.94. The van der Waals surface area contributed by atoms with E-state index in [9.17, 15) is 12.8 Å². The van der Waals surface area contributed by atoms with Crippen molar-refractivity contribution < 1.29 is 17.3 Å². The third-order valence-corrected chi connectivity index (χ3v) is 4.76. The molecule has 1 N–H and O–H groups in total. The highest BCUT2D eigenvalue weighted by atomic mass is 35.5. The van der Waals surface area contributed by atoms with E-state index in [-0.39, 0.29) is 16.9 Å². The van der Waals surface area contributed by atoms with Crippen molar-refractivity contribution >= 4 is 21.6 Å². The van der Waals surface area contributed by atoms with E-state index in [0.717, 1.165) is 25.3 Å². The highest BCUT2D eigenvalue weighted by Gasteiger charge is 2.38. The van der Waals surface area contributed by atoms with Crippen LogP contribution in [-0.2, 0) is 10.0 Å². The number of sulfonamides is 1. The fourth-order valence-electron chi connectivity index (χ4n) is 1.94. The van der Waals surface area contributed by atoms with Crippen LogP contribution < -0.4 is 4.72 Å². The zero-order valence-electron chi connectivity index (χ0n) is 10.5. The SMILES string of the molecule is O=S(=O)(NC(c1ncon1)C1CC1)c1ccc(Cl)nc1F. The van der Waals surface area contributed by atoms with E-state index >= 15 is 0 Å². The number of nitrogens with one attached hydrogen (secondary N) is 1. The Morgan fingerprint density at radius 3 is 2.76 bits per heavy atom. The molecule has 21 heavy (non-hydrogen) atoms. The van der Waals surface area contributed by atoms with Gasteiger partial charge in [0, 0.05) is 0 Å². The number of aromatic nitrogens is 3. The summed E-state index contributed by atoms with van der Waals surface area (Å²) < 4.78 is 45.3. The van der Waals surface area contributed by atoms with Crippen LogP contribution in [0.2, 0.25) is 5.15 Å². The topological polar surface area (TPSA) is 98.0 Å². The average molecular weight is 333 g/mol. The lowest BCUT2D eigenvalue weighted by molar-refractivity contribution is 0.395. The van der Waals surface area contributed by atoms with Crippen molar-refractivity contribution in [3.05, 3.63) is 35.5 Å². The molecule has 112 valence electrons. The van der Waals surface area contributed by atoms with Gasteiger partial charge in [-0.15, -0.1) is 0 Å². The summed E-state index contributed by atoms with van der Waals surface area (Å²) in [5.41, 5.74) is 0. The van der Waals surface area contributed by atoms with Crippen molar-refractivity contribution in [2.24, 2.45) is 5.92 Å². The summed E-state index contributed by atoms with van der Waals surface area (Å²) in [6.07, 6.45) is 2.79. The molecule has 7 nitrogen and oxygen atoms in total. The molecule has 1 atom stereocenters. The van der Waals surface area contributed by atoms with Crippen molar-refractivity contribution in [3.8, 4) is 0 Å². The van der Waals surface area contributed by atoms with E-state index in [1.54, 1.807) is 0 Å². The first kappa shape index (κ1) is 14.4. The van der Waals surface area contributed by atoms with Crippen LogP contribution in [0.5, 0.6) is 0 Å². The number of hydrogen-bond acceptors (Lipinski definition) is 6. The maximum absolute atomic E-state index is 13.7. The second-order valence-corrected chi connectivity index (χ2v) is 6.72. The molecular weight excluding hydrogens is 323 g/mol. The first-order valence-electron chi connectivity index (χ1n) is 6.08. The highest BCUT2D eigenvalue weighted by Crippen LogP contribution is 2.40. The Kier molecular flexibility index (Phi) is 3.64. The third kappa shape index (κ3) is 3.04. The Hall–Kier alpha value is -1.58. The minimum Gasteiger partial charge on any atom is -0.343 e. The number of rotatable bonds is 5. The summed E-state index contributed by atoms with van der Waals surface area (Å²) >= 11 is 5.52. The van der Waals surface area contributed by atoms with Crippen molar-refractivity contribution in [2.45, 2.75) is 23.8 Å². The van der Waals surface area contributed by atoms with E-state index in [4.69, 9.17) is 11.6 Å². The quantitative estimate of drug-likeness (QED) is 0.837. The number of hydrogen-bond donors (Lipinski definition) is 1. The zero-order chi connectivity index (χ0) is 15.0. The van der Waals surface area contributed by atoms with Gasteiger partial charge in [-0.05, 0) is 30.9 Å². The molecule has 0 bridgehead atoms. The second kappa shape index (κ2) is 5.32. The molecule has 1 unspecified atom stereocenters. The summed E-state index contributed by atoms with van der Waals surface area (Å²) in [6.45, 7) is 0. The highest BCUT2D eigenvalue weighted by molar-refractivity contribution is 7.89. The van der Waals surface area contributed by atoms with Gasteiger partial charge < -0.3 is 4.52 Å². The molecule has 0 spiro atoms. The van der Waals surface area contributed by atoms with Gasteiger partial charge in [0.05, 0.1) is 6.04 Å². The fourth-order valence-corrected chi connectivity index (χ4v) is 3.35. The molecule has 0 aliphatic heterocycles. The summed E-state index contributed by atoms with van der Waals surface area (Å²) in [5.74, 6) is -0.859. The summed E-state index contributed by atoms with van der Waals surface area (Å²) in [4.78, 5) is 6.59. The Labute approximate surface area is 124 Å². The van der Waals surface area contributed by atoms with E-state index in [0.29, 0.717) is 0 Å². The molecule has 2 heterocycles. The van der Waals surface area contributed by atoms with Crippen LogP contribution in [0.3, 0.4) is 0 Å². The van der Waals surface area contributed by atoms with Gasteiger partial charge in [-0.1, -0.05) is 16.8 Å². The standard InChI is InChI=1S/C11H10ClFN4O3S/c12-8-4-3-7(10(13)15-8)21(18,19)17-9(6-1-2-6)11-14-5-20-16-11/h3-6,9,17H,1-2H2. The van der Waals surface area contributed by atoms with Gasteiger partial charge >= 0.3 is 0 Å². The summed E-state index contributed by atoms with van der Waals surface area (Å²) in [7, 11) is -4.11. The molecule has 0 aromatic carbocycles. The Balaban J connectivity index is 1.91. The van der Waals surface area contributed by atoms with E-state index < -0.39 is 26.9 Å². The predicted molar refractivity (Wildman–Crippen MR) is 69.3 cm³/mol. The van der Waals surface area contributed by atoms with Gasteiger partial charge in [0.1, 0.15) is 10.0 Å². The third-order valence-electron chi connectivity index (χ3n) is 3.10. The second-order valence-electron chi connectivity index (χ2n) is 4.65. The first-order chi connectivity index (χ1) is 9.97. The van der Waals surface area contributed by atoms with E-state index in [1.165, 1.54) is 6.07 Å². The molecule has 0 saturated heterocycles. The van der Waals surface area contributed by atoms with Crippen LogP contribution in [0, 0.1) is 11.9 Å². The lowest BCUT2D eigenvalue weighted by Crippen LogP contribution is -2.31. The van der Waals surface area contributed by atoms with Gasteiger partial charge in [-0.25, -0.2) is 13.4 Å². The van der Waals surface area contributed by atoms with Crippen LogP contribution in [0.15, 0.2) is 27.9 Å². The maximum atomic E-state index is 13.7. The smallest absolute Gasteiger partial charge is 0.245 e. The largest absolute Gasteiger partial charge is 0.343 e. The average Bonchev–Trinajstić information content (AvgIpc) is 3.10. The molecule has 0 amide bonds. The van der Waals surface area contributed by atoms with Crippen molar-refractivity contribution in [2.75, 3.05) is 0 Å². The van der Waals surface area contributed by atoms with Crippen molar-refractivity contribution in [3.63, 3.8) is 0 Å². The molecule has 1 aliphatic rings. The van der Waals surface area contributed by atoms with E-state index in [1.807, 2.05) is 0 Å². The van der Waals surface area contributed by atoms with Gasteiger partial charge in [0.25, 0.3) is 0 Å². The van der Waals surface area contributed by atoms with Crippen molar-refractivity contribution in [1.29, 1.82) is 0 Å². The van der Waals surface area contributed by atoms with Crippen LogP contribution in [0.4, 0.5) is 4.39 Å². The van der Waals surface area contributed by atoms with Gasteiger partial charge in [0.15, 0.2) is 5.82 Å². The van der Waals surface area contributed by atoms with Gasteiger partial charge in [-0.2, -0.15) is 14.1 Å². The zero-order valence-corrected chi connectivity index (χ0v) is 12.1. The monoisotopic (exact) mass is 332 g/mol. The Morgan fingerprint density at radius 1 is 1.43 bits per heavy atom. The number of nitrogens with zero attached hydrogens (tertiary/aromatic N) is 3. The van der Waals surface area contributed by atoms with E-state index in [2.05, 4.69) is 24.4 Å². The molecule has 1 saturated carbocycles. The van der Waals surface area contributed by atoms with Gasteiger partial charge in [-0.3, -0.25) is 0 Å². The van der Waals surface area contributed by atoms with Crippen LogP contribution >= 0.6 is 11.6 Å². The van der Waals surface area contributed by atoms with Crippen molar-refractivity contribution in [1.82, 2.24) is 19.8 Å². The molecule has 0 radical (unpaired) electrons. The molecule has 3 rings (SSSR count). The van der Waals surface area contributed by atoms with Crippen LogP contribution in [0.1, 0.15) is 24.7 Å². The lowest BCUT2D eigenvalue weighted by atomic mass is 10.2. The summed E-state index contributed by atoms with van der Waals surface area (Å²) in [6, 6.07) is 1.62. The molecule has 10 heteroatoms. The van der Waals surface area contributed by atoms with Crippen LogP contribution in [-0.4, -0.2) is 23.5 Å². The molecule has 1 fully saturated rings. The normalized spacial score (nSPS) is 16.9. The number of pyridine rings is 1. The van der Waals surface area contributed by atoms with Crippen LogP contribution in [0.25, 0.3) is 0 Å². The number of halogens is 2. The molecule has 2 aromatic rings. The Bertz CT molecular complexity index is 749. The lowest BCUT2D eigenvalue weighted by Gasteiger charge is -2.15. The predicted octanol–water partition coefficient (Wildman–Crippen LogP) is 1.69. The fraction of sp³-hybridized carbons (Fsp3) is 0.364. The summed E-state index contributed by atoms with van der Waals surface area (Å²) in [5, 5.41) is 3.53. The van der Waals surface area contributed by atoms with Gasteiger partial charge in [0.2, 0.25) is 22.4 Å². The molecular formula is C11H10ClFN4O3S. The minimum absolute atomic E-state index is 0.0701. The maximum Gasteiger partial charge on any atom is 0.245 e. The molecule has 2 aromatic heterocycles. The Morgan fingerprint density at radius 2 is 2.19 bits per heavy atom. The molecule has 1 aliphatic carbocycles. The minimum atomic E-state index is -4.11.